The van der Waals surface area contributed by atoms with Crippen LogP contribution in [0.25, 0.3) is 0 Å². The Balaban J connectivity index is 2.15. The van der Waals surface area contributed by atoms with Crippen molar-refractivity contribution in [2.45, 2.75) is 60.2 Å². The first kappa shape index (κ1) is 16.2. The maximum atomic E-state index is 5.24. The Kier molecular flexibility index (Phi) is 5.22. The minimum Gasteiger partial charge on any atom is -0.361 e. The number of nitrogens with zero attached hydrogens (tertiary/aromatic N) is 3. The summed E-state index contributed by atoms with van der Waals surface area (Å²) in [4.78, 5) is 0. The molecule has 0 aliphatic heterocycles. The molecule has 1 unspecified atom stereocenters. The highest BCUT2D eigenvalue weighted by Gasteiger charge is 2.18. The van der Waals surface area contributed by atoms with E-state index in [0.29, 0.717) is 0 Å². The van der Waals surface area contributed by atoms with Gasteiger partial charge >= 0.3 is 0 Å². The molecule has 0 radical (unpaired) electrons. The molecular formula is C15H23BrN4O. The quantitative estimate of drug-likeness (QED) is 0.859. The molecule has 0 aromatic carbocycles. The van der Waals surface area contributed by atoms with Gasteiger partial charge in [-0.15, -0.1) is 0 Å². The number of aryl methyl sites for hydroxylation is 4. The van der Waals surface area contributed by atoms with Gasteiger partial charge in [0.05, 0.1) is 21.6 Å². The third-order valence-corrected chi connectivity index (χ3v) is 4.71. The summed E-state index contributed by atoms with van der Waals surface area (Å²) in [6.07, 6.45) is 0.931. The highest BCUT2D eigenvalue weighted by molar-refractivity contribution is 9.10. The molecule has 1 N–H and O–H groups in total. The molecule has 0 bridgehead atoms. The molecule has 0 saturated carbocycles. The fourth-order valence-corrected chi connectivity index (χ4v) is 3.35. The zero-order chi connectivity index (χ0) is 15.6. The van der Waals surface area contributed by atoms with Gasteiger partial charge in [-0.3, -0.25) is 4.68 Å². The largest absolute Gasteiger partial charge is 0.361 e. The summed E-state index contributed by atoms with van der Waals surface area (Å²) in [6, 6.07) is 0.188. The van der Waals surface area contributed by atoms with Crippen LogP contribution in [0.1, 0.15) is 55.2 Å². The predicted molar refractivity (Wildman–Crippen MR) is 86.2 cm³/mol. The van der Waals surface area contributed by atoms with Crippen LogP contribution in [0, 0.1) is 13.8 Å². The minimum absolute atomic E-state index is 0.188. The lowest BCUT2D eigenvalue weighted by molar-refractivity contribution is 0.390. The molecule has 2 aromatic heterocycles. The molecule has 116 valence electrons. The number of aromatic nitrogens is 3. The molecule has 6 heteroatoms. The summed E-state index contributed by atoms with van der Waals surface area (Å²) in [5.41, 5.74) is 4.39. The standard InChI is InChI=1S/C15H23BrN4O/c1-6-12-15(16)13(20(7-2)18-12)8-17-9(3)14-10(4)19-21-11(14)5/h9,17H,6-8H2,1-5H3. The second kappa shape index (κ2) is 6.75. The van der Waals surface area contributed by atoms with E-state index in [0.717, 1.165) is 46.7 Å². The molecule has 21 heavy (non-hydrogen) atoms. The van der Waals surface area contributed by atoms with Gasteiger partial charge in [-0.2, -0.15) is 5.10 Å². The summed E-state index contributed by atoms with van der Waals surface area (Å²) in [5.74, 6) is 0.879. The van der Waals surface area contributed by atoms with Gasteiger partial charge in [-0.25, -0.2) is 0 Å². The van der Waals surface area contributed by atoms with Gasteiger partial charge < -0.3 is 9.84 Å². The Bertz CT molecular complexity index is 598. The van der Waals surface area contributed by atoms with Crippen LogP contribution in [0.3, 0.4) is 0 Å². The van der Waals surface area contributed by atoms with Crippen molar-refractivity contribution in [3.63, 3.8) is 0 Å². The number of hydrogen-bond acceptors (Lipinski definition) is 4. The average molecular weight is 355 g/mol. The number of rotatable bonds is 6. The lowest BCUT2D eigenvalue weighted by Crippen LogP contribution is -2.21. The van der Waals surface area contributed by atoms with Crippen LogP contribution in [-0.2, 0) is 19.5 Å². The van der Waals surface area contributed by atoms with Crippen LogP contribution in [0.4, 0.5) is 0 Å². The smallest absolute Gasteiger partial charge is 0.138 e. The lowest BCUT2D eigenvalue weighted by atomic mass is 10.1. The first-order valence-corrected chi connectivity index (χ1v) is 8.19. The Morgan fingerprint density at radius 3 is 2.57 bits per heavy atom. The Morgan fingerprint density at radius 1 is 1.33 bits per heavy atom. The van der Waals surface area contributed by atoms with Gasteiger partial charge in [-0.1, -0.05) is 12.1 Å². The van der Waals surface area contributed by atoms with E-state index in [-0.39, 0.29) is 6.04 Å². The molecule has 1 atom stereocenters. The monoisotopic (exact) mass is 354 g/mol. The van der Waals surface area contributed by atoms with Gasteiger partial charge in [-0.05, 0) is 50.0 Å². The summed E-state index contributed by atoms with van der Waals surface area (Å²) in [5, 5.41) is 12.2. The van der Waals surface area contributed by atoms with E-state index in [1.807, 2.05) is 13.8 Å². The van der Waals surface area contributed by atoms with Crippen LogP contribution in [0.15, 0.2) is 9.00 Å². The van der Waals surface area contributed by atoms with Gasteiger partial charge in [0.2, 0.25) is 0 Å². The van der Waals surface area contributed by atoms with Crippen molar-refractivity contribution < 1.29 is 4.52 Å². The van der Waals surface area contributed by atoms with E-state index >= 15 is 0 Å². The van der Waals surface area contributed by atoms with E-state index in [1.165, 1.54) is 5.69 Å². The van der Waals surface area contributed by atoms with Crippen LogP contribution < -0.4 is 5.32 Å². The molecule has 0 amide bonds. The Labute approximate surface area is 134 Å². The zero-order valence-electron chi connectivity index (χ0n) is 13.3. The summed E-state index contributed by atoms with van der Waals surface area (Å²) < 4.78 is 8.41. The van der Waals surface area contributed by atoms with Crippen molar-refractivity contribution in [1.82, 2.24) is 20.3 Å². The molecule has 0 spiro atoms. The third-order valence-electron chi connectivity index (χ3n) is 3.79. The van der Waals surface area contributed by atoms with Gasteiger partial charge in [0, 0.05) is 24.7 Å². The maximum absolute atomic E-state index is 5.24. The van der Waals surface area contributed by atoms with Crippen LogP contribution in [-0.4, -0.2) is 14.9 Å². The van der Waals surface area contributed by atoms with Gasteiger partial charge in [0.25, 0.3) is 0 Å². The summed E-state index contributed by atoms with van der Waals surface area (Å²) >= 11 is 3.68. The second-order valence-corrected chi connectivity index (χ2v) is 6.01. The van der Waals surface area contributed by atoms with Crippen molar-refractivity contribution in [2.24, 2.45) is 0 Å². The molecule has 2 rings (SSSR count). The molecular weight excluding hydrogens is 332 g/mol. The minimum atomic E-state index is 0.188. The normalized spacial score (nSPS) is 12.9. The molecule has 2 heterocycles. The van der Waals surface area contributed by atoms with Crippen molar-refractivity contribution in [3.8, 4) is 0 Å². The van der Waals surface area contributed by atoms with Gasteiger partial charge in [0.15, 0.2) is 0 Å². The van der Waals surface area contributed by atoms with Crippen LogP contribution in [0.2, 0.25) is 0 Å². The van der Waals surface area contributed by atoms with Crippen molar-refractivity contribution in [3.05, 3.63) is 32.9 Å². The lowest BCUT2D eigenvalue weighted by Gasteiger charge is -2.14. The Morgan fingerprint density at radius 2 is 2.05 bits per heavy atom. The van der Waals surface area contributed by atoms with Crippen LogP contribution >= 0.6 is 15.9 Å². The third kappa shape index (κ3) is 3.21. The average Bonchev–Trinajstić information content (AvgIpc) is 2.96. The van der Waals surface area contributed by atoms with E-state index in [4.69, 9.17) is 4.52 Å². The topological polar surface area (TPSA) is 55.9 Å². The second-order valence-electron chi connectivity index (χ2n) is 5.22. The Hall–Kier alpha value is -1.14. The number of hydrogen-bond donors (Lipinski definition) is 1. The predicted octanol–water partition coefficient (Wildman–Crippen LogP) is 3.68. The first-order valence-electron chi connectivity index (χ1n) is 7.39. The SMILES string of the molecule is CCc1nn(CC)c(CNC(C)c2c(C)noc2C)c1Br. The maximum Gasteiger partial charge on any atom is 0.138 e. The molecule has 2 aromatic rings. The molecule has 0 aliphatic carbocycles. The summed E-state index contributed by atoms with van der Waals surface area (Å²) in [6.45, 7) is 11.9. The fourth-order valence-electron chi connectivity index (χ4n) is 2.65. The number of nitrogens with one attached hydrogen (secondary N) is 1. The number of halogens is 1. The van der Waals surface area contributed by atoms with Gasteiger partial charge in [0.1, 0.15) is 5.76 Å². The van der Waals surface area contributed by atoms with Crippen molar-refractivity contribution in [2.75, 3.05) is 0 Å². The van der Waals surface area contributed by atoms with Crippen molar-refractivity contribution >= 4 is 15.9 Å². The fraction of sp³-hybridized carbons (Fsp3) is 0.600. The molecule has 0 aliphatic rings. The van der Waals surface area contributed by atoms with E-state index in [2.05, 4.69) is 57.0 Å². The molecule has 0 fully saturated rings. The van der Waals surface area contributed by atoms with E-state index < -0.39 is 0 Å². The highest BCUT2D eigenvalue weighted by atomic mass is 79.9. The summed E-state index contributed by atoms with van der Waals surface area (Å²) in [7, 11) is 0. The molecule has 5 nitrogen and oxygen atoms in total. The first-order chi connectivity index (χ1) is 9.99. The van der Waals surface area contributed by atoms with E-state index in [9.17, 15) is 0 Å². The molecule has 0 saturated heterocycles. The highest BCUT2D eigenvalue weighted by Crippen LogP contribution is 2.25. The van der Waals surface area contributed by atoms with Crippen LogP contribution in [0.5, 0.6) is 0 Å². The van der Waals surface area contributed by atoms with Crippen molar-refractivity contribution in [1.29, 1.82) is 0 Å². The zero-order valence-corrected chi connectivity index (χ0v) is 14.9. The van der Waals surface area contributed by atoms with E-state index in [1.54, 1.807) is 0 Å².